The third-order valence-corrected chi connectivity index (χ3v) is 5.27. The molecule has 2 aromatic heterocycles. The average Bonchev–Trinajstić information content (AvgIpc) is 3.17. The van der Waals surface area contributed by atoms with Crippen LogP contribution in [0.2, 0.25) is 0 Å². The number of aryl methyl sites for hydroxylation is 2. The van der Waals surface area contributed by atoms with E-state index in [1.807, 2.05) is 0 Å². The van der Waals surface area contributed by atoms with Gasteiger partial charge in [0, 0.05) is 0 Å². The molecule has 1 N–H and O–H groups in total. The highest BCUT2D eigenvalue weighted by Crippen LogP contribution is 2.22. The molecule has 134 valence electrons. The van der Waals surface area contributed by atoms with Crippen molar-refractivity contribution in [3.8, 4) is 0 Å². The van der Waals surface area contributed by atoms with E-state index in [2.05, 4.69) is 9.47 Å². The van der Waals surface area contributed by atoms with Crippen LogP contribution in [0.4, 0.5) is 0 Å². The molecule has 7 nitrogen and oxygen atoms in total. The van der Waals surface area contributed by atoms with Crippen LogP contribution in [0.3, 0.4) is 0 Å². The molecule has 0 fully saturated rings. The number of carboxylic acids is 1. The highest BCUT2D eigenvalue weighted by molar-refractivity contribution is 7.16. The van der Waals surface area contributed by atoms with Crippen molar-refractivity contribution in [2.24, 2.45) is 0 Å². The summed E-state index contributed by atoms with van der Waals surface area (Å²) in [6.07, 6.45) is 0.726. The highest BCUT2D eigenvalue weighted by Gasteiger charge is 2.16. The molecule has 0 aliphatic rings. The van der Waals surface area contributed by atoms with E-state index in [0.29, 0.717) is 20.2 Å². The fourth-order valence-corrected chi connectivity index (χ4v) is 3.58. The fraction of sp³-hybridized carbons (Fsp3) is 0.250. The van der Waals surface area contributed by atoms with Gasteiger partial charge in [-0.15, -0.1) is 22.7 Å². The van der Waals surface area contributed by atoms with Crippen LogP contribution in [0.15, 0.2) is 12.1 Å². The van der Waals surface area contributed by atoms with Gasteiger partial charge < -0.3 is 14.6 Å². The molecule has 0 bridgehead atoms. The van der Waals surface area contributed by atoms with Gasteiger partial charge in [0.2, 0.25) is 0 Å². The molecule has 2 aromatic rings. The summed E-state index contributed by atoms with van der Waals surface area (Å²) in [4.78, 5) is 44.5. The van der Waals surface area contributed by atoms with Gasteiger partial charge in [-0.2, -0.15) is 0 Å². The van der Waals surface area contributed by atoms with E-state index in [-0.39, 0.29) is 10.8 Å². The summed E-state index contributed by atoms with van der Waals surface area (Å²) in [6, 6.07) is 3.13. The summed E-state index contributed by atoms with van der Waals surface area (Å²) in [5.41, 5.74) is 1.42. The van der Waals surface area contributed by atoms with Crippen LogP contribution < -0.4 is 0 Å². The molecule has 0 spiro atoms. The molecule has 0 unspecified atom stereocenters. The van der Waals surface area contributed by atoms with Crippen LogP contribution in [0, 0.1) is 13.8 Å². The largest absolute Gasteiger partial charge is 0.477 e. The number of aldehydes is 1. The molecule has 0 radical (unpaired) electrons. The Kier molecular flexibility index (Phi) is 7.46. The van der Waals surface area contributed by atoms with E-state index in [0.717, 1.165) is 34.5 Å². The summed E-state index contributed by atoms with van der Waals surface area (Å²) in [7, 11) is 2.59. The summed E-state index contributed by atoms with van der Waals surface area (Å²) < 4.78 is 9.02. The lowest BCUT2D eigenvalue weighted by atomic mass is 10.3. The van der Waals surface area contributed by atoms with E-state index < -0.39 is 11.9 Å². The van der Waals surface area contributed by atoms with Gasteiger partial charge in [0.25, 0.3) is 0 Å². The van der Waals surface area contributed by atoms with Crippen LogP contribution >= 0.6 is 22.7 Å². The quantitative estimate of drug-likeness (QED) is 0.637. The van der Waals surface area contributed by atoms with Crippen molar-refractivity contribution < 1.29 is 33.8 Å². The Hall–Kier alpha value is -2.52. The van der Waals surface area contributed by atoms with Crippen LogP contribution in [0.1, 0.15) is 49.8 Å². The van der Waals surface area contributed by atoms with Gasteiger partial charge in [0.05, 0.1) is 19.1 Å². The van der Waals surface area contributed by atoms with E-state index in [1.54, 1.807) is 19.9 Å². The lowest BCUT2D eigenvalue weighted by molar-refractivity contribution is 0.0596. The lowest BCUT2D eigenvalue weighted by Crippen LogP contribution is -1.99. The lowest BCUT2D eigenvalue weighted by Gasteiger charge is -1.94. The molecular weight excluding hydrogens is 368 g/mol. The van der Waals surface area contributed by atoms with Crippen LogP contribution in [-0.2, 0) is 9.47 Å². The van der Waals surface area contributed by atoms with Gasteiger partial charge in [-0.05, 0) is 37.1 Å². The SMILES string of the molecule is COC(=O)c1sc(C(=O)O)cc1C.COC(=O)c1sc(C=O)cc1C. The van der Waals surface area contributed by atoms with Crippen molar-refractivity contribution in [2.45, 2.75) is 13.8 Å². The molecule has 9 heteroatoms. The Balaban J connectivity index is 0.000000251. The zero-order chi connectivity index (χ0) is 19.1. The van der Waals surface area contributed by atoms with Crippen LogP contribution in [0.5, 0.6) is 0 Å². The number of hydrogen-bond donors (Lipinski definition) is 1. The molecule has 0 saturated heterocycles. The monoisotopic (exact) mass is 384 g/mol. The first-order valence-electron chi connectivity index (χ1n) is 6.81. The smallest absolute Gasteiger partial charge is 0.348 e. The van der Waals surface area contributed by atoms with E-state index in [4.69, 9.17) is 5.11 Å². The number of hydrogen-bond acceptors (Lipinski definition) is 8. The summed E-state index contributed by atoms with van der Waals surface area (Å²) >= 11 is 2.08. The second-order valence-electron chi connectivity index (χ2n) is 4.69. The van der Waals surface area contributed by atoms with Crippen molar-refractivity contribution in [2.75, 3.05) is 14.2 Å². The van der Waals surface area contributed by atoms with Crippen molar-refractivity contribution in [3.05, 3.63) is 42.8 Å². The second kappa shape index (κ2) is 9.09. The fourth-order valence-electron chi connectivity index (χ4n) is 1.74. The Morgan fingerprint density at radius 3 is 1.80 bits per heavy atom. The number of esters is 2. The van der Waals surface area contributed by atoms with Crippen molar-refractivity contribution in [1.82, 2.24) is 0 Å². The van der Waals surface area contributed by atoms with Crippen molar-refractivity contribution >= 4 is 46.9 Å². The maximum Gasteiger partial charge on any atom is 0.348 e. The standard InChI is InChI=1S/C8H8O4S.C8H8O3S/c1-4-3-5(7(9)10)13-6(4)8(11)12-2;1-5-3-6(4-9)12-7(5)8(10)11-2/h3H,1-2H3,(H,9,10);3-4H,1-2H3. The third kappa shape index (κ3) is 5.23. The number of methoxy groups -OCH3 is 2. The van der Waals surface area contributed by atoms with Crippen molar-refractivity contribution in [3.63, 3.8) is 0 Å². The average molecular weight is 384 g/mol. The van der Waals surface area contributed by atoms with E-state index in [1.165, 1.54) is 20.3 Å². The molecule has 2 rings (SSSR count). The van der Waals surface area contributed by atoms with Crippen LogP contribution in [0.25, 0.3) is 0 Å². The minimum Gasteiger partial charge on any atom is -0.477 e. The number of thiophene rings is 2. The predicted octanol–water partition coefficient (Wildman–Crippen LogP) is 3.20. The predicted molar refractivity (Wildman–Crippen MR) is 93.1 cm³/mol. The summed E-state index contributed by atoms with van der Waals surface area (Å²) in [6.45, 7) is 3.45. The summed E-state index contributed by atoms with van der Waals surface area (Å²) in [5.74, 6) is -1.90. The topological polar surface area (TPSA) is 107 Å². The molecule has 2 heterocycles. The third-order valence-electron chi connectivity index (χ3n) is 2.92. The zero-order valence-electron chi connectivity index (χ0n) is 13.9. The molecule has 0 atom stereocenters. The van der Waals surface area contributed by atoms with E-state index in [9.17, 15) is 19.2 Å². The first-order valence-corrected chi connectivity index (χ1v) is 8.44. The molecular formula is C16H16O7S2. The van der Waals surface area contributed by atoms with Gasteiger partial charge in [0.1, 0.15) is 14.6 Å². The zero-order valence-corrected chi connectivity index (χ0v) is 15.6. The Bertz CT molecular complexity index is 802. The Morgan fingerprint density at radius 1 is 0.960 bits per heavy atom. The van der Waals surface area contributed by atoms with Crippen LogP contribution in [-0.4, -0.2) is 43.5 Å². The number of carboxylic acid groups (broad SMARTS) is 1. The second-order valence-corrected chi connectivity index (χ2v) is 6.83. The van der Waals surface area contributed by atoms with Gasteiger partial charge in [-0.1, -0.05) is 0 Å². The number of ether oxygens (including phenoxy) is 2. The first-order chi connectivity index (χ1) is 11.7. The minimum absolute atomic E-state index is 0.151. The Labute approximate surface area is 151 Å². The molecule has 0 aliphatic heterocycles. The molecule has 0 aliphatic carbocycles. The Morgan fingerprint density at radius 2 is 1.44 bits per heavy atom. The highest BCUT2D eigenvalue weighted by atomic mass is 32.1. The maximum atomic E-state index is 11.1. The molecule has 0 aromatic carbocycles. The van der Waals surface area contributed by atoms with Gasteiger partial charge in [-0.25, -0.2) is 14.4 Å². The molecule has 25 heavy (non-hydrogen) atoms. The van der Waals surface area contributed by atoms with E-state index >= 15 is 0 Å². The van der Waals surface area contributed by atoms with Gasteiger partial charge >= 0.3 is 17.9 Å². The first kappa shape index (κ1) is 20.5. The number of carbonyl (C=O) groups is 4. The summed E-state index contributed by atoms with van der Waals surface area (Å²) in [5, 5.41) is 8.64. The number of rotatable bonds is 4. The molecule has 0 saturated carbocycles. The maximum absolute atomic E-state index is 11.1. The number of carbonyl (C=O) groups excluding carboxylic acids is 3. The van der Waals surface area contributed by atoms with Gasteiger partial charge in [0.15, 0.2) is 6.29 Å². The molecule has 0 amide bonds. The minimum atomic E-state index is -1.02. The number of aromatic carboxylic acids is 1. The normalized spacial score (nSPS) is 9.60. The van der Waals surface area contributed by atoms with Gasteiger partial charge in [-0.3, -0.25) is 4.79 Å². The van der Waals surface area contributed by atoms with Crippen molar-refractivity contribution in [1.29, 1.82) is 0 Å².